The summed E-state index contributed by atoms with van der Waals surface area (Å²) >= 11 is 0. The highest BCUT2D eigenvalue weighted by atomic mass is 16.5. The van der Waals surface area contributed by atoms with Gasteiger partial charge < -0.3 is 25.4 Å². The summed E-state index contributed by atoms with van der Waals surface area (Å²) in [7, 11) is 0. The Morgan fingerprint density at radius 2 is 1.60 bits per heavy atom. The number of nitrogens with one attached hydrogen (secondary N) is 1. The van der Waals surface area contributed by atoms with Crippen molar-refractivity contribution in [2.75, 3.05) is 26.3 Å². The van der Waals surface area contributed by atoms with Crippen LogP contribution < -0.4 is 5.32 Å². The number of aliphatic hydroxyl groups excluding tert-OH is 2. The molecule has 0 heterocycles. The molecule has 0 aliphatic rings. The number of hydrogen-bond donors (Lipinski definition) is 4. The Kier molecular flexibility index (Phi) is 12.1. The van der Waals surface area contributed by atoms with E-state index in [1.165, 1.54) is 30.9 Å². The number of unbranched alkanes of at least 4 members (excludes halogenated alkanes) is 4. The number of ether oxygens (including phenoxy) is 1. The maximum atomic E-state index is 10.2. The van der Waals surface area contributed by atoms with Crippen LogP contribution in [0.2, 0.25) is 0 Å². The highest BCUT2D eigenvalue weighted by Crippen LogP contribution is 2.22. The van der Waals surface area contributed by atoms with Gasteiger partial charge in [0.2, 0.25) is 0 Å². The molecule has 4 N–H and O–H groups in total. The molecular formula is C25H37NO4. The second-order valence-electron chi connectivity index (χ2n) is 7.74. The molecule has 0 aliphatic carbocycles. The quantitative estimate of drug-likeness (QED) is 0.310. The Labute approximate surface area is 180 Å². The van der Waals surface area contributed by atoms with E-state index in [2.05, 4.69) is 29.6 Å². The lowest BCUT2D eigenvalue weighted by Gasteiger charge is -2.14. The van der Waals surface area contributed by atoms with Crippen LogP contribution in [-0.2, 0) is 17.8 Å². The summed E-state index contributed by atoms with van der Waals surface area (Å²) in [6.07, 6.45) is 7.28. The van der Waals surface area contributed by atoms with Gasteiger partial charge in [0.25, 0.3) is 0 Å². The summed E-state index contributed by atoms with van der Waals surface area (Å²) in [5.41, 5.74) is 2.51. The molecular weight excluding hydrogens is 378 g/mol. The summed E-state index contributed by atoms with van der Waals surface area (Å²) in [5.74, 6) is 0.0546. The largest absolute Gasteiger partial charge is 0.508 e. The number of rotatable bonds is 16. The van der Waals surface area contributed by atoms with Crippen molar-refractivity contribution in [1.29, 1.82) is 0 Å². The van der Waals surface area contributed by atoms with E-state index >= 15 is 0 Å². The van der Waals surface area contributed by atoms with Crippen LogP contribution in [0.3, 0.4) is 0 Å². The van der Waals surface area contributed by atoms with Crippen molar-refractivity contribution in [1.82, 2.24) is 5.32 Å². The highest BCUT2D eigenvalue weighted by Gasteiger charge is 2.09. The average Bonchev–Trinajstić information content (AvgIpc) is 2.77. The predicted molar refractivity (Wildman–Crippen MR) is 121 cm³/mol. The summed E-state index contributed by atoms with van der Waals surface area (Å²) in [6.45, 7) is 2.78. The molecule has 5 nitrogen and oxygen atoms in total. The van der Waals surface area contributed by atoms with Crippen LogP contribution in [0.4, 0.5) is 0 Å². The lowest BCUT2D eigenvalue weighted by Crippen LogP contribution is -2.22. The zero-order valence-electron chi connectivity index (χ0n) is 17.9. The van der Waals surface area contributed by atoms with Crippen molar-refractivity contribution < 1.29 is 20.1 Å². The number of aliphatic hydroxyl groups is 2. The first kappa shape index (κ1) is 24.4. The molecule has 166 valence electrons. The van der Waals surface area contributed by atoms with Crippen LogP contribution in [0, 0.1) is 0 Å². The van der Waals surface area contributed by atoms with Crippen molar-refractivity contribution in [3.05, 3.63) is 65.2 Å². The second kappa shape index (κ2) is 15.0. The van der Waals surface area contributed by atoms with E-state index in [4.69, 9.17) is 4.74 Å². The first-order chi connectivity index (χ1) is 14.7. The first-order valence-electron chi connectivity index (χ1n) is 11.1. The third kappa shape index (κ3) is 9.72. The molecule has 0 aromatic heterocycles. The maximum absolute atomic E-state index is 10.2. The Bertz CT molecular complexity index is 693. The average molecular weight is 416 g/mol. The fourth-order valence-electron chi connectivity index (χ4n) is 3.41. The summed E-state index contributed by atoms with van der Waals surface area (Å²) in [6, 6.07) is 15.4. The Morgan fingerprint density at radius 3 is 2.40 bits per heavy atom. The summed E-state index contributed by atoms with van der Waals surface area (Å²) in [4.78, 5) is 0. The Morgan fingerprint density at radius 1 is 0.867 bits per heavy atom. The molecule has 0 radical (unpaired) electrons. The van der Waals surface area contributed by atoms with Gasteiger partial charge in [-0.1, -0.05) is 55.7 Å². The molecule has 0 aliphatic heterocycles. The first-order valence-corrected chi connectivity index (χ1v) is 11.1. The van der Waals surface area contributed by atoms with Crippen LogP contribution in [0.5, 0.6) is 5.75 Å². The zero-order chi connectivity index (χ0) is 21.4. The van der Waals surface area contributed by atoms with Crippen LogP contribution in [0.15, 0.2) is 48.5 Å². The number of aryl methyl sites for hydroxylation is 1. The minimum absolute atomic E-state index is 0.0546. The van der Waals surface area contributed by atoms with Gasteiger partial charge in [-0.05, 0) is 55.5 Å². The van der Waals surface area contributed by atoms with Gasteiger partial charge in [0.15, 0.2) is 0 Å². The molecule has 5 heteroatoms. The van der Waals surface area contributed by atoms with Crippen molar-refractivity contribution in [3.63, 3.8) is 0 Å². The monoisotopic (exact) mass is 415 g/mol. The van der Waals surface area contributed by atoms with Gasteiger partial charge in [-0.2, -0.15) is 0 Å². The molecule has 2 aromatic rings. The lowest BCUT2D eigenvalue weighted by atomic mass is 10.1. The van der Waals surface area contributed by atoms with Crippen LogP contribution >= 0.6 is 0 Å². The molecule has 1 atom stereocenters. The molecule has 30 heavy (non-hydrogen) atoms. The SMILES string of the molecule is OCc1cc(C(O)CNCCCCCCCOCCCc2ccccc2)ccc1O. The third-order valence-electron chi connectivity index (χ3n) is 5.24. The molecule has 1 unspecified atom stereocenters. The van der Waals surface area contributed by atoms with Crippen LogP contribution in [0.25, 0.3) is 0 Å². The van der Waals surface area contributed by atoms with Gasteiger partial charge in [-0.25, -0.2) is 0 Å². The molecule has 2 aromatic carbocycles. The van der Waals surface area contributed by atoms with E-state index in [1.54, 1.807) is 12.1 Å². The fraction of sp³-hybridized carbons (Fsp3) is 0.520. The van der Waals surface area contributed by atoms with Gasteiger partial charge in [-0.15, -0.1) is 0 Å². The van der Waals surface area contributed by atoms with E-state index in [9.17, 15) is 15.3 Å². The highest BCUT2D eigenvalue weighted by molar-refractivity contribution is 5.36. The van der Waals surface area contributed by atoms with E-state index in [0.29, 0.717) is 17.7 Å². The molecule has 2 rings (SSSR count). The Balaban J connectivity index is 1.39. The predicted octanol–water partition coefficient (Wildman–Crippen LogP) is 4.11. The molecule has 0 spiro atoms. The Hall–Kier alpha value is -1.92. The third-order valence-corrected chi connectivity index (χ3v) is 5.24. The molecule has 0 fully saturated rings. The minimum Gasteiger partial charge on any atom is -0.508 e. The normalized spacial score (nSPS) is 12.2. The van der Waals surface area contributed by atoms with Gasteiger partial charge in [0.05, 0.1) is 12.7 Å². The number of aromatic hydroxyl groups is 1. The molecule has 0 amide bonds. The van der Waals surface area contributed by atoms with E-state index in [0.717, 1.165) is 45.4 Å². The van der Waals surface area contributed by atoms with Crippen LogP contribution in [-0.4, -0.2) is 41.6 Å². The lowest BCUT2D eigenvalue weighted by molar-refractivity contribution is 0.127. The van der Waals surface area contributed by atoms with E-state index in [1.807, 2.05) is 6.07 Å². The fourth-order valence-corrected chi connectivity index (χ4v) is 3.41. The molecule has 0 saturated heterocycles. The standard InChI is InChI=1S/C25H37NO4/c27-20-23-18-22(13-14-24(23)28)25(29)19-26-15-7-2-1-3-8-16-30-17-9-12-21-10-5-4-6-11-21/h4-6,10-11,13-14,18,25-29H,1-3,7-9,12,15-17,19-20H2. The molecule has 0 bridgehead atoms. The summed E-state index contributed by atoms with van der Waals surface area (Å²) < 4.78 is 5.72. The number of hydrogen-bond acceptors (Lipinski definition) is 5. The number of phenols is 1. The van der Waals surface area contributed by atoms with Gasteiger partial charge >= 0.3 is 0 Å². The maximum Gasteiger partial charge on any atom is 0.121 e. The van der Waals surface area contributed by atoms with Crippen molar-refractivity contribution in [2.24, 2.45) is 0 Å². The van der Waals surface area contributed by atoms with Gasteiger partial charge in [0.1, 0.15) is 5.75 Å². The van der Waals surface area contributed by atoms with Gasteiger partial charge in [-0.3, -0.25) is 0 Å². The van der Waals surface area contributed by atoms with Crippen molar-refractivity contribution >= 4 is 0 Å². The van der Waals surface area contributed by atoms with Crippen LogP contribution in [0.1, 0.15) is 61.3 Å². The number of benzene rings is 2. The van der Waals surface area contributed by atoms with Crippen molar-refractivity contribution in [2.45, 2.75) is 57.7 Å². The minimum atomic E-state index is -0.644. The van der Waals surface area contributed by atoms with E-state index in [-0.39, 0.29) is 12.4 Å². The summed E-state index contributed by atoms with van der Waals surface area (Å²) in [5, 5.41) is 32.3. The molecule has 0 saturated carbocycles. The second-order valence-corrected chi connectivity index (χ2v) is 7.74. The van der Waals surface area contributed by atoms with Crippen molar-refractivity contribution in [3.8, 4) is 5.75 Å². The van der Waals surface area contributed by atoms with Gasteiger partial charge in [0, 0.05) is 25.3 Å². The van der Waals surface area contributed by atoms with E-state index < -0.39 is 6.10 Å². The smallest absolute Gasteiger partial charge is 0.121 e. The topological polar surface area (TPSA) is 82.0 Å². The zero-order valence-corrected chi connectivity index (χ0v) is 17.9.